The third-order valence-electron chi connectivity index (χ3n) is 4.35. The SMILES string of the molecule is [CH]1[CH][CH][C](P2N3CCC[C@H]3[C@@H]3CCCN32)[CH]1. The Bertz CT molecular complexity index is 257. The monoisotopic (exact) mass is 233 g/mol. The van der Waals surface area contributed by atoms with Crippen LogP contribution in [0.2, 0.25) is 0 Å². The van der Waals surface area contributed by atoms with Gasteiger partial charge in [0.1, 0.15) is 0 Å². The smallest absolute Gasteiger partial charge is 0.0483 e. The predicted molar refractivity (Wildman–Crippen MR) is 66.8 cm³/mol. The lowest BCUT2D eigenvalue weighted by Gasteiger charge is -2.32. The quantitative estimate of drug-likeness (QED) is 0.642. The highest BCUT2D eigenvalue weighted by atomic mass is 31.1. The second kappa shape index (κ2) is 3.93. The maximum atomic E-state index is 2.83. The molecule has 4 aliphatic rings. The Morgan fingerprint density at radius 3 is 2.06 bits per heavy atom. The van der Waals surface area contributed by atoms with E-state index < -0.39 is 0 Å². The molecule has 3 aliphatic heterocycles. The van der Waals surface area contributed by atoms with Crippen molar-refractivity contribution in [3.05, 3.63) is 31.3 Å². The Hall–Kier alpha value is 0.350. The van der Waals surface area contributed by atoms with E-state index in [0.717, 1.165) is 12.1 Å². The van der Waals surface area contributed by atoms with Gasteiger partial charge in [0.15, 0.2) is 0 Å². The van der Waals surface area contributed by atoms with Crippen molar-refractivity contribution in [1.29, 1.82) is 0 Å². The lowest BCUT2D eigenvalue weighted by Crippen LogP contribution is -2.29. The fourth-order valence-electron chi connectivity index (χ4n) is 3.75. The van der Waals surface area contributed by atoms with Crippen molar-refractivity contribution in [2.24, 2.45) is 0 Å². The average molecular weight is 233 g/mol. The first-order chi connectivity index (χ1) is 7.95. The number of hydrogen-bond donors (Lipinski definition) is 0. The number of rotatable bonds is 1. The fraction of sp³-hybridized carbons (Fsp3) is 0.615. The lowest BCUT2D eigenvalue weighted by molar-refractivity contribution is 0.341. The molecule has 4 fully saturated rings. The van der Waals surface area contributed by atoms with Gasteiger partial charge in [-0.1, -0.05) is 0 Å². The van der Waals surface area contributed by atoms with Crippen LogP contribution in [0.5, 0.6) is 0 Å². The molecular weight excluding hydrogens is 215 g/mol. The van der Waals surface area contributed by atoms with Gasteiger partial charge in [0.2, 0.25) is 0 Å². The van der Waals surface area contributed by atoms with Gasteiger partial charge in [0.25, 0.3) is 0 Å². The third-order valence-corrected chi connectivity index (χ3v) is 7.07. The molecule has 0 N–H and O–H groups in total. The van der Waals surface area contributed by atoms with Crippen molar-refractivity contribution < 1.29 is 0 Å². The molecule has 0 bridgehead atoms. The van der Waals surface area contributed by atoms with Crippen molar-refractivity contribution in [3.8, 4) is 0 Å². The van der Waals surface area contributed by atoms with Crippen LogP contribution >= 0.6 is 8.22 Å². The topological polar surface area (TPSA) is 6.48 Å². The van der Waals surface area contributed by atoms with Crippen LogP contribution < -0.4 is 0 Å². The standard InChI is InChI=1S/C13H18N2P/c1-2-6-11(5-1)16-14-9-3-7-12(14)13-8-4-10-15(13)16/h1-2,5-6,12-13H,3-4,7-10H2/t12-,13-/m0/s1. The summed E-state index contributed by atoms with van der Waals surface area (Å²) in [5.41, 5.74) is 1.59. The largest absolute Gasteiger partial charge is 0.265 e. The van der Waals surface area contributed by atoms with Gasteiger partial charge in [0, 0.05) is 39.1 Å². The highest BCUT2D eigenvalue weighted by Crippen LogP contribution is 2.67. The zero-order valence-electron chi connectivity index (χ0n) is 9.55. The van der Waals surface area contributed by atoms with Gasteiger partial charge in [0.05, 0.1) is 0 Å². The number of hydrogen-bond acceptors (Lipinski definition) is 2. The van der Waals surface area contributed by atoms with Crippen LogP contribution in [-0.2, 0) is 0 Å². The van der Waals surface area contributed by atoms with Gasteiger partial charge < -0.3 is 0 Å². The molecule has 85 valence electrons. The Kier molecular flexibility index (Phi) is 2.53. The van der Waals surface area contributed by atoms with E-state index in [0.29, 0.717) is 0 Å². The van der Waals surface area contributed by atoms with Crippen LogP contribution in [0.4, 0.5) is 0 Å². The fourth-order valence-corrected chi connectivity index (χ4v) is 6.84. The van der Waals surface area contributed by atoms with Crippen molar-refractivity contribution >= 4 is 8.22 Å². The molecule has 3 heteroatoms. The molecule has 0 spiro atoms. The normalized spacial score (nSPS) is 42.0. The molecule has 0 aromatic rings. The lowest BCUT2D eigenvalue weighted by atomic mass is 10.1. The average Bonchev–Trinajstić information content (AvgIpc) is 3.00. The van der Waals surface area contributed by atoms with Crippen molar-refractivity contribution in [2.75, 3.05) is 13.1 Å². The van der Waals surface area contributed by atoms with Gasteiger partial charge in [-0.05, 0) is 51.4 Å². The van der Waals surface area contributed by atoms with Crippen molar-refractivity contribution in [1.82, 2.24) is 9.34 Å². The van der Waals surface area contributed by atoms with E-state index in [-0.39, 0.29) is 8.22 Å². The van der Waals surface area contributed by atoms with Crippen molar-refractivity contribution in [2.45, 2.75) is 37.8 Å². The highest BCUT2D eigenvalue weighted by Gasteiger charge is 2.53. The van der Waals surface area contributed by atoms with E-state index in [9.17, 15) is 0 Å². The second-order valence-corrected chi connectivity index (χ2v) is 7.30. The van der Waals surface area contributed by atoms with Gasteiger partial charge >= 0.3 is 0 Å². The van der Waals surface area contributed by atoms with Crippen LogP contribution in [0.25, 0.3) is 0 Å². The maximum Gasteiger partial charge on any atom is 0.0483 e. The summed E-state index contributed by atoms with van der Waals surface area (Å²) in [5.74, 6) is 0. The van der Waals surface area contributed by atoms with E-state index >= 15 is 0 Å². The minimum absolute atomic E-state index is 0.117. The van der Waals surface area contributed by atoms with E-state index in [1.807, 2.05) is 0 Å². The first kappa shape index (κ1) is 10.3. The summed E-state index contributed by atoms with van der Waals surface area (Å²) >= 11 is 0. The second-order valence-electron chi connectivity index (χ2n) is 5.18. The molecule has 0 unspecified atom stereocenters. The Balaban J connectivity index is 1.63. The molecule has 16 heavy (non-hydrogen) atoms. The van der Waals surface area contributed by atoms with Gasteiger partial charge in [-0.3, -0.25) is 9.34 Å². The van der Waals surface area contributed by atoms with Crippen LogP contribution in [0, 0.1) is 31.3 Å². The minimum atomic E-state index is -0.117. The van der Waals surface area contributed by atoms with Crippen LogP contribution in [0.1, 0.15) is 25.7 Å². The first-order valence-corrected chi connectivity index (χ1v) is 7.75. The van der Waals surface area contributed by atoms with Crippen LogP contribution in [0.3, 0.4) is 0 Å². The molecule has 3 heterocycles. The van der Waals surface area contributed by atoms with E-state index in [1.54, 1.807) is 5.66 Å². The highest BCUT2D eigenvalue weighted by molar-refractivity contribution is 7.57. The van der Waals surface area contributed by atoms with Crippen LogP contribution in [0.15, 0.2) is 0 Å². The molecule has 4 rings (SSSR count). The van der Waals surface area contributed by atoms with Crippen LogP contribution in [-0.4, -0.2) is 34.5 Å². The molecular formula is C13H18N2P. The number of fused-ring (bicyclic) bond motifs is 3. The van der Waals surface area contributed by atoms with E-state index in [2.05, 4.69) is 35.0 Å². The minimum Gasteiger partial charge on any atom is -0.265 e. The molecule has 0 aromatic heterocycles. The number of nitrogens with zero attached hydrogens (tertiary/aromatic N) is 2. The Labute approximate surface area is 100 Å². The van der Waals surface area contributed by atoms with E-state index in [4.69, 9.17) is 0 Å². The predicted octanol–water partition coefficient (Wildman–Crippen LogP) is 2.60. The zero-order chi connectivity index (χ0) is 10.5. The Morgan fingerprint density at radius 2 is 1.50 bits per heavy atom. The van der Waals surface area contributed by atoms with Gasteiger partial charge in [-0.2, -0.15) is 0 Å². The summed E-state index contributed by atoms with van der Waals surface area (Å²) in [5, 5.41) is 0. The Morgan fingerprint density at radius 1 is 0.938 bits per heavy atom. The zero-order valence-corrected chi connectivity index (χ0v) is 10.4. The molecule has 2 nitrogen and oxygen atoms in total. The summed E-state index contributed by atoms with van der Waals surface area (Å²) in [4.78, 5) is 0. The summed E-state index contributed by atoms with van der Waals surface area (Å²) in [6.07, 6.45) is 14.8. The third kappa shape index (κ3) is 1.36. The molecule has 0 amide bonds. The summed E-state index contributed by atoms with van der Waals surface area (Å²) in [6.45, 7) is 2.68. The van der Waals surface area contributed by atoms with E-state index in [1.165, 1.54) is 38.8 Å². The first-order valence-electron chi connectivity index (χ1n) is 6.50. The van der Waals surface area contributed by atoms with Crippen molar-refractivity contribution in [3.63, 3.8) is 0 Å². The summed E-state index contributed by atoms with van der Waals surface area (Å²) < 4.78 is 5.66. The summed E-state index contributed by atoms with van der Waals surface area (Å²) in [6, 6.07) is 1.78. The molecule has 1 saturated carbocycles. The summed E-state index contributed by atoms with van der Waals surface area (Å²) in [7, 11) is -0.117. The van der Waals surface area contributed by atoms with Gasteiger partial charge in [-0.25, -0.2) is 0 Å². The molecule has 3 saturated heterocycles. The maximum absolute atomic E-state index is 2.83. The molecule has 2 atom stereocenters. The molecule has 0 aromatic carbocycles. The van der Waals surface area contributed by atoms with Gasteiger partial charge in [-0.15, -0.1) is 0 Å². The molecule has 1 aliphatic carbocycles. The molecule has 5 radical (unpaired) electrons.